The smallest absolute Gasteiger partial charge is 0.258 e. The predicted octanol–water partition coefficient (Wildman–Crippen LogP) is 6.67. The number of hydrogen-bond acceptors (Lipinski definition) is 2. The molecule has 166 valence electrons. The number of aromatic amines is 1. The van der Waals surface area contributed by atoms with Gasteiger partial charge in [-0.25, -0.2) is 0 Å². The Hall–Kier alpha value is -2.96. The molecule has 0 aliphatic rings. The predicted molar refractivity (Wildman–Crippen MR) is 143 cm³/mol. The minimum absolute atomic E-state index is 0.0474. The Morgan fingerprint density at radius 1 is 0.727 bits per heavy atom. The number of aromatic nitrogens is 2. The molecule has 2 aromatic heterocycles. The van der Waals surface area contributed by atoms with E-state index >= 15 is 0 Å². The van der Waals surface area contributed by atoms with Crippen LogP contribution in [0.4, 0.5) is 0 Å². The highest BCUT2D eigenvalue weighted by Crippen LogP contribution is 2.21. The van der Waals surface area contributed by atoms with Gasteiger partial charge < -0.3 is 9.55 Å². The van der Waals surface area contributed by atoms with Gasteiger partial charge in [-0.15, -0.1) is 0 Å². The van der Waals surface area contributed by atoms with Gasteiger partial charge in [0.05, 0.1) is 6.54 Å². The standard InChI is InChI=1S/C18H16BrNO.C9H6BrNO/c1-2-13-7-9-14(10-8-13)11-20-12-17(19)15-5-3-4-6-16(15)18(20)21;10-8-5-11-9(12)7-4-2-1-3-6(7)8/h3-10,12H,2,11H2,1H3;1-5H,(H,11,12). The number of pyridine rings is 2. The topological polar surface area (TPSA) is 54.9 Å². The second kappa shape index (κ2) is 10.3. The lowest BCUT2D eigenvalue weighted by Crippen LogP contribution is -2.20. The number of nitrogens with zero attached hydrogens (tertiary/aromatic N) is 1. The van der Waals surface area contributed by atoms with Crippen LogP contribution in [0.1, 0.15) is 18.1 Å². The van der Waals surface area contributed by atoms with Crippen molar-refractivity contribution < 1.29 is 0 Å². The molecule has 4 nitrogen and oxygen atoms in total. The molecule has 5 aromatic rings. The van der Waals surface area contributed by atoms with E-state index in [1.807, 2.05) is 48.7 Å². The number of halogens is 2. The molecule has 0 atom stereocenters. The zero-order valence-electron chi connectivity index (χ0n) is 18.0. The molecule has 0 aliphatic carbocycles. The minimum atomic E-state index is -0.0474. The molecule has 0 spiro atoms. The van der Waals surface area contributed by atoms with E-state index < -0.39 is 0 Å². The second-order valence-corrected chi connectivity index (χ2v) is 9.35. The van der Waals surface area contributed by atoms with Gasteiger partial charge in [-0.3, -0.25) is 9.59 Å². The summed E-state index contributed by atoms with van der Waals surface area (Å²) >= 11 is 6.92. The molecule has 0 amide bonds. The summed E-state index contributed by atoms with van der Waals surface area (Å²) in [7, 11) is 0. The third-order valence-corrected chi connectivity index (χ3v) is 6.78. The highest BCUT2D eigenvalue weighted by Gasteiger charge is 2.07. The Morgan fingerprint density at radius 3 is 1.88 bits per heavy atom. The highest BCUT2D eigenvalue weighted by atomic mass is 79.9. The molecule has 0 bridgehead atoms. The zero-order chi connectivity index (χ0) is 23.4. The summed E-state index contributed by atoms with van der Waals surface area (Å²) in [4.78, 5) is 26.4. The largest absolute Gasteiger partial charge is 0.327 e. The van der Waals surface area contributed by atoms with E-state index in [0.29, 0.717) is 11.9 Å². The van der Waals surface area contributed by atoms with Crippen molar-refractivity contribution in [1.82, 2.24) is 9.55 Å². The van der Waals surface area contributed by atoms with Crippen molar-refractivity contribution in [2.75, 3.05) is 0 Å². The Morgan fingerprint density at radius 2 is 1.27 bits per heavy atom. The van der Waals surface area contributed by atoms with Crippen molar-refractivity contribution in [3.05, 3.63) is 126 Å². The van der Waals surface area contributed by atoms with Crippen LogP contribution in [0.3, 0.4) is 0 Å². The third-order valence-electron chi connectivity index (χ3n) is 5.49. The zero-order valence-corrected chi connectivity index (χ0v) is 21.2. The molecule has 33 heavy (non-hydrogen) atoms. The molecule has 1 N–H and O–H groups in total. The second-order valence-electron chi connectivity index (χ2n) is 7.64. The lowest BCUT2D eigenvalue weighted by Gasteiger charge is -2.10. The molecule has 2 heterocycles. The summed E-state index contributed by atoms with van der Waals surface area (Å²) in [6.45, 7) is 2.73. The highest BCUT2D eigenvalue weighted by molar-refractivity contribution is 9.11. The quantitative estimate of drug-likeness (QED) is 0.266. The third kappa shape index (κ3) is 5.18. The first-order valence-electron chi connectivity index (χ1n) is 10.6. The fourth-order valence-corrected chi connectivity index (χ4v) is 4.72. The molecule has 3 aromatic carbocycles. The minimum Gasteiger partial charge on any atom is -0.327 e. The van der Waals surface area contributed by atoms with Gasteiger partial charge in [-0.1, -0.05) is 67.6 Å². The molecule has 0 fully saturated rings. The van der Waals surface area contributed by atoms with Crippen molar-refractivity contribution in [2.45, 2.75) is 19.9 Å². The van der Waals surface area contributed by atoms with E-state index in [0.717, 1.165) is 37.1 Å². The van der Waals surface area contributed by atoms with Gasteiger partial charge in [0, 0.05) is 42.9 Å². The van der Waals surface area contributed by atoms with Crippen LogP contribution in [-0.4, -0.2) is 9.55 Å². The molecule has 6 heteroatoms. The van der Waals surface area contributed by atoms with Gasteiger partial charge >= 0.3 is 0 Å². The molecule has 0 saturated carbocycles. The summed E-state index contributed by atoms with van der Waals surface area (Å²) in [5, 5.41) is 3.37. The van der Waals surface area contributed by atoms with Crippen molar-refractivity contribution in [3.63, 3.8) is 0 Å². The maximum atomic E-state index is 12.6. The van der Waals surface area contributed by atoms with Gasteiger partial charge in [-0.05, 0) is 61.5 Å². The lowest BCUT2D eigenvalue weighted by atomic mass is 10.1. The molecular formula is C27H22Br2N2O2. The molecular weight excluding hydrogens is 544 g/mol. The summed E-state index contributed by atoms with van der Waals surface area (Å²) in [6, 6.07) is 23.6. The Kier molecular flexibility index (Phi) is 7.26. The number of aryl methyl sites for hydroxylation is 1. The van der Waals surface area contributed by atoms with E-state index in [1.54, 1.807) is 16.8 Å². The van der Waals surface area contributed by atoms with Crippen LogP contribution in [0.5, 0.6) is 0 Å². The maximum absolute atomic E-state index is 12.6. The number of rotatable bonds is 3. The SMILES string of the molecule is CCc1ccc(Cn2cc(Br)c3ccccc3c2=O)cc1.O=c1[nH]cc(Br)c2ccccc12. The summed E-state index contributed by atoms with van der Waals surface area (Å²) in [5.41, 5.74) is 2.45. The van der Waals surface area contributed by atoms with Crippen LogP contribution < -0.4 is 11.1 Å². The van der Waals surface area contributed by atoms with Crippen molar-refractivity contribution in [3.8, 4) is 0 Å². The number of hydrogen-bond donors (Lipinski definition) is 1. The van der Waals surface area contributed by atoms with E-state index in [4.69, 9.17) is 0 Å². The Labute approximate surface area is 208 Å². The molecule has 0 unspecified atom stereocenters. The first-order chi connectivity index (χ1) is 16.0. The monoisotopic (exact) mass is 564 g/mol. The van der Waals surface area contributed by atoms with E-state index in [9.17, 15) is 9.59 Å². The van der Waals surface area contributed by atoms with Gasteiger partial charge in [0.15, 0.2) is 0 Å². The fraction of sp³-hybridized carbons (Fsp3) is 0.111. The number of benzene rings is 3. The van der Waals surface area contributed by atoms with Gasteiger partial charge in [0.2, 0.25) is 0 Å². The van der Waals surface area contributed by atoms with Crippen LogP contribution in [0.15, 0.2) is 104 Å². The summed E-state index contributed by atoms with van der Waals surface area (Å²) < 4.78 is 3.62. The number of fused-ring (bicyclic) bond motifs is 2. The van der Waals surface area contributed by atoms with Gasteiger partial charge in [-0.2, -0.15) is 0 Å². The van der Waals surface area contributed by atoms with E-state index in [-0.39, 0.29) is 11.1 Å². The average molecular weight is 566 g/mol. The summed E-state index contributed by atoms with van der Waals surface area (Å²) in [6.07, 6.45) is 4.56. The van der Waals surface area contributed by atoms with Gasteiger partial charge in [0.1, 0.15) is 0 Å². The van der Waals surface area contributed by atoms with Crippen LogP contribution in [-0.2, 0) is 13.0 Å². The normalized spacial score (nSPS) is 10.8. The van der Waals surface area contributed by atoms with Crippen LogP contribution in [0, 0.1) is 0 Å². The molecule has 5 rings (SSSR count). The Bertz CT molecular complexity index is 1540. The summed E-state index contributed by atoms with van der Waals surface area (Å²) in [5.74, 6) is 0. The van der Waals surface area contributed by atoms with Crippen molar-refractivity contribution in [1.29, 1.82) is 0 Å². The van der Waals surface area contributed by atoms with Gasteiger partial charge in [0.25, 0.3) is 11.1 Å². The first kappa shape index (κ1) is 23.2. The number of H-pyrrole nitrogens is 1. The molecule has 0 radical (unpaired) electrons. The molecule has 0 aliphatic heterocycles. The maximum Gasteiger partial charge on any atom is 0.258 e. The fourth-order valence-electron chi connectivity index (χ4n) is 3.67. The van der Waals surface area contributed by atoms with Crippen LogP contribution in [0.2, 0.25) is 0 Å². The van der Waals surface area contributed by atoms with E-state index in [2.05, 4.69) is 68.0 Å². The lowest BCUT2D eigenvalue weighted by molar-refractivity contribution is 0.765. The van der Waals surface area contributed by atoms with Crippen molar-refractivity contribution >= 4 is 53.4 Å². The Balaban J connectivity index is 0.000000183. The molecule has 0 saturated heterocycles. The van der Waals surface area contributed by atoms with Crippen LogP contribution in [0.25, 0.3) is 21.5 Å². The van der Waals surface area contributed by atoms with E-state index in [1.165, 1.54) is 5.56 Å². The van der Waals surface area contributed by atoms with Crippen molar-refractivity contribution in [2.24, 2.45) is 0 Å². The average Bonchev–Trinajstić information content (AvgIpc) is 2.86. The first-order valence-corrected chi connectivity index (χ1v) is 12.2. The van der Waals surface area contributed by atoms with Crippen LogP contribution >= 0.6 is 31.9 Å². The number of nitrogens with one attached hydrogen (secondary N) is 1.